The van der Waals surface area contributed by atoms with Crippen LogP contribution in [0.25, 0.3) is 0 Å². The first-order valence-electron chi connectivity index (χ1n) is 30.8. The Morgan fingerprint density at radius 3 is 0.962 bits per heavy atom. The average molecular weight is 1130 g/mol. The highest BCUT2D eigenvalue weighted by Crippen LogP contribution is 2.35. The summed E-state index contributed by atoms with van der Waals surface area (Å²) in [6.45, 7) is 15.0. The molecule has 2 N–H and O–H groups in total. The SMILES string of the molecule is CCCCCC(=O)N[C@H]1[C@H](O[C@H]2[C@H](OC(=O)CCCCC)[C@@H](NC(=O)CCCCC)C(OC(=O)CCCCC)O[C@@H]2COC(=O)CCCCC)O[C@H](COC(=O)CCCCC)[C@@H](OC(=O)CCCCC)[C@@H]1OC(=O)CCCCC. The van der Waals surface area contributed by atoms with Gasteiger partial charge in [-0.05, 0) is 51.4 Å². The van der Waals surface area contributed by atoms with Crippen molar-refractivity contribution < 1.29 is 81.0 Å². The van der Waals surface area contributed by atoms with E-state index < -0.39 is 122 Å². The lowest BCUT2D eigenvalue weighted by molar-refractivity contribution is -0.331. The molecule has 0 spiro atoms. The second kappa shape index (κ2) is 43.4. The van der Waals surface area contributed by atoms with Crippen LogP contribution in [0.2, 0.25) is 0 Å². The molecule has 2 heterocycles. The lowest BCUT2D eigenvalue weighted by atomic mass is 9.93. The van der Waals surface area contributed by atoms with Crippen LogP contribution in [-0.4, -0.2) is 122 Å². The largest absolute Gasteiger partial charge is 0.463 e. The van der Waals surface area contributed by atoms with Crippen molar-refractivity contribution in [3.8, 4) is 0 Å². The van der Waals surface area contributed by atoms with Crippen molar-refractivity contribution in [1.82, 2.24) is 10.6 Å². The normalized spacial score (nSPS) is 22.7. The van der Waals surface area contributed by atoms with Gasteiger partial charge in [0, 0.05) is 51.4 Å². The Kier molecular flexibility index (Phi) is 38.8. The van der Waals surface area contributed by atoms with E-state index in [1.165, 1.54) is 0 Å². The van der Waals surface area contributed by atoms with E-state index in [0.717, 1.165) is 96.3 Å². The summed E-state index contributed by atoms with van der Waals surface area (Å²) in [5.41, 5.74) is 0. The van der Waals surface area contributed by atoms with Crippen LogP contribution in [0.1, 0.15) is 261 Å². The predicted molar refractivity (Wildman–Crippen MR) is 297 cm³/mol. The van der Waals surface area contributed by atoms with E-state index in [4.69, 9.17) is 42.6 Å². The first-order valence-corrected chi connectivity index (χ1v) is 30.8. The molecule has 2 fully saturated rings. The molecule has 0 aromatic carbocycles. The second-order valence-corrected chi connectivity index (χ2v) is 21.2. The maximum Gasteiger partial charge on any atom is 0.308 e. The Balaban J connectivity index is 3.07. The molecule has 2 saturated heterocycles. The summed E-state index contributed by atoms with van der Waals surface area (Å²) in [5, 5.41) is 5.94. The molecule has 2 rings (SSSR count). The van der Waals surface area contributed by atoms with Gasteiger partial charge in [-0.15, -0.1) is 0 Å². The topological polar surface area (TPSA) is 244 Å². The van der Waals surface area contributed by atoms with Gasteiger partial charge >= 0.3 is 35.8 Å². The molecule has 2 aliphatic rings. The Morgan fingerprint density at radius 2 is 0.595 bits per heavy atom. The molecule has 19 nitrogen and oxygen atoms in total. The number of carbonyl (C=O) groups is 8. The molecule has 456 valence electrons. The Hall–Kier alpha value is -4.36. The first-order chi connectivity index (χ1) is 38.2. The molecular weight excluding hydrogens is 1020 g/mol. The molecule has 79 heavy (non-hydrogen) atoms. The number of ether oxygens (including phenoxy) is 9. The highest BCUT2D eigenvalue weighted by Gasteiger charge is 2.57. The van der Waals surface area contributed by atoms with Gasteiger partial charge in [-0.2, -0.15) is 0 Å². The summed E-state index contributed by atoms with van der Waals surface area (Å²) in [4.78, 5) is 111. The number of hydrogen-bond donors (Lipinski definition) is 2. The first kappa shape index (κ1) is 70.7. The Labute approximate surface area is 473 Å². The van der Waals surface area contributed by atoms with E-state index in [2.05, 4.69) is 10.6 Å². The molecule has 0 radical (unpaired) electrons. The van der Waals surface area contributed by atoms with Crippen molar-refractivity contribution >= 4 is 47.6 Å². The minimum Gasteiger partial charge on any atom is -0.463 e. The average Bonchev–Trinajstić information content (AvgIpc) is 3.44. The third-order valence-electron chi connectivity index (χ3n) is 14.0. The van der Waals surface area contributed by atoms with Crippen LogP contribution in [0.4, 0.5) is 0 Å². The molecule has 0 saturated carbocycles. The summed E-state index contributed by atoms with van der Waals surface area (Å²) in [6.07, 6.45) is 4.78. The van der Waals surface area contributed by atoms with Crippen LogP contribution in [0.3, 0.4) is 0 Å². The van der Waals surface area contributed by atoms with Crippen molar-refractivity contribution in [2.75, 3.05) is 13.2 Å². The van der Waals surface area contributed by atoms with E-state index in [-0.39, 0.29) is 51.4 Å². The van der Waals surface area contributed by atoms with Gasteiger partial charge in [-0.3, -0.25) is 38.4 Å². The summed E-state index contributed by atoms with van der Waals surface area (Å²) in [5.74, 6) is -4.64. The Bertz CT molecular complexity index is 1750. The van der Waals surface area contributed by atoms with Gasteiger partial charge in [0.15, 0.2) is 24.6 Å². The van der Waals surface area contributed by atoms with Crippen molar-refractivity contribution in [1.29, 1.82) is 0 Å². The smallest absolute Gasteiger partial charge is 0.308 e. The van der Waals surface area contributed by atoms with E-state index in [0.29, 0.717) is 57.8 Å². The minimum atomic E-state index is -1.70. The lowest BCUT2D eigenvalue weighted by Crippen LogP contribution is -2.71. The maximum atomic E-state index is 14.2. The van der Waals surface area contributed by atoms with Crippen molar-refractivity contribution in [2.45, 2.75) is 322 Å². The van der Waals surface area contributed by atoms with Gasteiger partial charge < -0.3 is 53.3 Å². The number of nitrogens with one attached hydrogen (secondary N) is 2. The van der Waals surface area contributed by atoms with E-state index >= 15 is 0 Å². The zero-order valence-corrected chi connectivity index (χ0v) is 49.8. The lowest BCUT2D eigenvalue weighted by Gasteiger charge is -2.49. The number of unbranched alkanes of at least 4 members (excludes halogenated alkanes) is 16. The van der Waals surface area contributed by atoms with Gasteiger partial charge in [0.05, 0.1) is 0 Å². The molecule has 2 amide bonds. The van der Waals surface area contributed by atoms with Crippen molar-refractivity contribution in [3.05, 3.63) is 0 Å². The molecule has 0 aromatic heterocycles. The number of carbonyl (C=O) groups excluding carboxylic acids is 8. The summed E-state index contributed by atoms with van der Waals surface area (Å²) in [6, 6.07) is -2.86. The molecule has 1 unspecified atom stereocenters. The van der Waals surface area contributed by atoms with Crippen LogP contribution in [-0.2, 0) is 81.0 Å². The number of rotatable bonds is 44. The van der Waals surface area contributed by atoms with Crippen LogP contribution >= 0.6 is 0 Å². The van der Waals surface area contributed by atoms with Gasteiger partial charge in [0.25, 0.3) is 0 Å². The fourth-order valence-corrected chi connectivity index (χ4v) is 9.36. The van der Waals surface area contributed by atoms with E-state index in [1.807, 2.05) is 55.4 Å². The third kappa shape index (κ3) is 29.3. The molecular formula is C60H104N2O17. The van der Waals surface area contributed by atoms with Crippen molar-refractivity contribution in [3.63, 3.8) is 0 Å². The second-order valence-electron chi connectivity index (χ2n) is 21.2. The number of hydrogen-bond acceptors (Lipinski definition) is 17. The molecule has 19 heteroatoms. The fourth-order valence-electron chi connectivity index (χ4n) is 9.36. The highest BCUT2D eigenvalue weighted by molar-refractivity contribution is 5.77. The van der Waals surface area contributed by atoms with Crippen LogP contribution < -0.4 is 10.6 Å². The highest BCUT2D eigenvalue weighted by atomic mass is 16.8. The molecule has 0 bridgehead atoms. The van der Waals surface area contributed by atoms with Crippen molar-refractivity contribution in [2.24, 2.45) is 0 Å². The molecule has 2 aliphatic heterocycles. The third-order valence-corrected chi connectivity index (χ3v) is 14.0. The zero-order valence-electron chi connectivity index (χ0n) is 49.8. The minimum absolute atomic E-state index is 0.0124. The summed E-state index contributed by atoms with van der Waals surface area (Å²) in [7, 11) is 0. The molecule has 0 aliphatic carbocycles. The Morgan fingerprint density at radius 1 is 0.316 bits per heavy atom. The standard InChI is InChI=1S/C60H104N2O17/c1-9-17-25-33-45(63)61-53-58(77-51(69)39-31-23-15-7)56(44(42-72-48(66)36-28-20-12-4)73-59(53)78-52(70)40-32-24-16-8)79-60-54(62-46(64)34-26-18-10-2)57(76-50(68)38-30-22-14-6)55(75-49(67)37-29-21-13-5)43(74-60)41-71-47(65)35-27-19-11-3/h43-44,53-60H,9-42H2,1-8H3,(H,61,63)(H,62,64)/t43-,44-,53-,54-,55-,56-,57-,58-,59?,60+/m1/s1. The van der Waals surface area contributed by atoms with Crippen LogP contribution in [0, 0.1) is 0 Å². The summed E-state index contributed by atoms with van der Waals surface area (Å²) < 4.78 is 57.2. The van der Waals surface area contributed by atoms with Crippen LogP contribution in [0.5, 0.6) is 0 Å². The zero-order chi connectivity index (χ0) is 58.2. The fraction of sp³-hybridized carbons (Fsp3) is 0.867. The predicted octanol–water partition coefficient (Wildman–Crippen LogP) is 10.8. The monoisotopic (exact) mass is 1120 g/mol. The van der Waals surface area contributed by atoms with Gasteiger partial charge in [-0.1, -0.05) is 158 Å². The van der Waals surface area contributed by atoms with E-state index in [1.54, 1.807) is 0 Å². The van der Waals surface area contributed by atoms with Gasteiger partial charge in [0.2, 0.25) is 18.1 Å². The maximum absolute atomic E-state index is 14.2. The summed E-state index contributed by atoms with van der Waals surface area (Å²) >= 11 is 0. The van der Waals surface area contributed by atoms with Gasteiger partial charge in [-0.25, -0.2) is 0 Å². The molecule has 0 aromatic rings. The van der Waals surface area contributed by atoms with E-state index in [9.17, 15) is 38.4 Å². The molecule has 10 atom stereocenters. The van der Waals surface area contributed by atoms with Gasteiger partial charge in [0.1, 0.15) is 43.6 Å². The number of amides is 2. The quantitative estimate of drug-likeness (QED) is 0.0327. The van der Waals surface area contributed by atoms with Crippen LogP contribution in [0.15, 0.2) is 0 Å². The number of esters is 6.